The fourth-order valence-corrected chi connectivity index (χ4v) is 6.26. The van der Waals surface area contributed by atoms with Crippen LogP contribution in [0, 0.1) is 5.92 Å². The Balaban J connectivity index is 1.42. The van der Waals surface area contributed by atoms with Crippen LogP contribution in [0.5, 0.6) is 5.75 Å². The first kappa shape index (κ1) is 31.1. The number of piperidine rings is 1. The van der Waals surface area contributed by atoms with Gasteiger partial charge in [-0.2, -0.15) is 4.31 Å². The minimum absolute atomic E-state index is 0.198. The zero-order valence-corrected chi connectivity index (χ0v) is 25.2. The summed E-state index contributed by atoms with van der Waals surface area (Å²) in [6, 6.07) is 23.2. The number of hydrogen-bond acceptors (Lipinski definition) is 7. The Morgan fingerprint density at radius 3 is 2.19 bits per heavy atom. The van der Waals surface area contributed by atoms with Gasteiger partial charge in [-0.1, -0.05) is 54.6 Å². The molecule has 9 nitrogen and oxygen atoms in total. The molecule has 0 spiro atoms. The molecule has 1 amide bonds. The Labute approximate surface area is 247 Å². The number of benzene rings is 3. The summed E-state index contributed by atoms with van der Waals surface area (Å²) < 4.78 is 44.0. The topological polar surface area (TPSA) is 111 Å². The average molecular weight is 595 g/mol. The lowest BCUT2D eigenvalue weighted by atomic mass is 9.98. The maximum Gasteiger partial charge on any atom is 0.408 e. The smallest absolute Gasteiger partial charge is 0.408 e. The van der Waals surface area contributed by atoms with E-state index in [1.165, 1.54) is 11.4 Å². The van der Waals surface area contributed by atoms with Gasteiger partial charge in [-0.15, -0.1) is 0 Å². The molecule has 0 radical (unpaired) electrons. The molecule has 1 heterocycles. The van der Waals surface area contributed by atoms with E-state index in [9.17, 15) is 18.0 Å². The Morgan fingerprint density at radius 2 is 1.57 bits per heavy atom. The average Bonchev–Trinajstić information content (AvgIpc) is 2.98. The molecule has 42 heavy (non-hydrogen) atoms. The molecule has 0 aromatic heterocycles. The third kappa shape index (κ3) is 8.10. The number of rotatable bonds is 9. The van der Waals surface area contributed by atoms with Crippen LogP contribution in [0.25, 0.3) is 0 Å². The lowest BCUT2D eigenvalue weighted by molar-refractivity contribution is -0.146. The summed E-state index contributed by atoms with van der Waals surface area (Å²) in [6.45, 7) is 6.22. The van der Waals surface area contributed by atoms with Crippen molar-refractivity contribution in [3.05, 3.63) is 95.6 Å². The highest BCUT2D eigenvalue weighted by Crippen LogP contribution is 2.28. The van der Waals surface area contributed by atoms with Gasteiger partial charge in [0.1, 0.15) is 18.0 Å². The van der Waals surface area contributed by atoms with E-state index in [1.54, 1.807) is 24.3 Å². The molecule has 0 bridgehead atoms. The molecule has 1 N–H and O–H groups in total. The van der Waals surface area contributed by atoms with Gasteiger partial charge in [-0.25, -0.2) is 13.2 Å². The third-order valence-corrected chi connectivity index (χ3v) is 8.85. The zero-order chi connectivity index (χ0) is 30.3. The number of sulfonamides is 1. The molecule has 1 aliphatic rings. The Bertz CT molecular complexity index is 1460. The molecule has 0 saturated carbocycles. The van der Waals surface area contributed by atoms with Gasteiger partial charge in [0, 0.05) is 13.1 Å². The number of ether oxygens (including phenoxy) is 3. The summed E-state index contributed by atoms with van der Waals surface area (Å²) in [5.74, 6) is 0.0389. The maximum atomic E-state index is 13.1. The van der Waals surface area contributed by atoms with Crippen LogP contribution in [0.4, 0.5) is 4.79 Å². The van der Waals surface area contributed by atoms with Crippen molar-refractivity contribution in [2.45, 2.75) is 56.8 Å². The second-order valence-electron chi connectivity index (χ2n) is 11.2. The first-order valence-electron chi connectivity index (χ1n) is 13.9. The van der Waals surface area contributed by atoms with Crippen LogP contribution in [0.3, 0.4) is 0 Å². The number of esters is 1. The molecule has 3 aromatic carbocycles. The number of amides is 1. The quantitative estimate of drug-likeness (QED) is 0.328. The number of hydrogen-bond donors (Lipinski definition) is 1. The molecule has 0 aliphatic carbocycles. The standard InChI is InChI=1S/C32H38N2O7S/c1-32(2,3)41-31(36)33-29(24-9-6-5-7-10-24)26-11-8-12-27(21-26)40-22-23-13-15-28(16-14-23)42(37,38)34-19-17-25(18-20-34)30(35)39-4/h5-16,21,25,29H,17-20,22H2,1-4H3,(H,33,36). The van der Waals surface area contributed by atoms with Gasteiger partial charge in [0.05, 0.1) is 24.0 Å². The highest BCUT2D eigenvalue weighted by molar-refractivity contribution is 7.89. The Kier molecular flexibility index (Phi) is 9.90. The molecule has 1 fully saturated rings. The van der Waals surface area contributed by atoms with E-state index < -0.39 is 27.8 Å². The predicted molar refractivity (Wildman–Crippen MR) is 158 cm³/mol. The van der Waals surface area contributed by atoms with E-state index in [1.807, 2.05) is 75.4 Å². The van der Waals surface area contributed by atoms with Crippen LogP contribution < -0.4 is 10.1 Å². The van der Waals surface area contributed by atoms with Crippen molar-refractivity contribution in [2.75, 3.05) is 20.2 Å². The van der Waals surface area contributed by atoms with E-state index in [-0.39, 0.29) is 36.5 Å². The van der Waals surface area contributed by atoms with Crippen LogP contribution in [0.2, 0.25) is 0 Å². The SMILES string of the molecule is COC(=O)C1CCN(S(=O)(=O)c2ccc(COc3cccc(C(NC(=O)OC(C)(C)C)c4ccccc4)c3)cc2)CC1. The lowest BCUT2D eigenvalue weighted by Gasteiger charge is -2.29. The first-order valence-corrected chi connectivity index (χ1v) is 15.3. The fourth-order valence-electron chi connectivity index (χ4n) is 4.79. The van der Waals surface area contributed by atoms with E-state index in [2.05, 4.69) is 5.32 Å². The van der Waals surface area contributed by atoms with Crippen molar-refractivity contribution >= 4 is 22.1 Å². The number of carbonyl (C=O) groups excluding carboxylic acids is 2. The molecule has 4 rings (SSSR count). The number of carbonyl (C=O) groups is 2. The Hall–Kier alpha value is -3.89. The number of alkyl carbamates (subject to hydrolysis) is 1. The number of nitrogens with one attached hydrogen (secondary N) is 1. The molecular weight excluding hydrogens is 556 g/mol. The second kappa shape index (κ2) is 13.4. The highest BCUT2D eigenvalue weighted by Gasteiger charge is 2.32. The molecule has 3 aromatic rings. The highest BCUT2D eigenvalue weighted by atomic mass is 32.2. The predicted octanol–water partition coefficient (Wildman–Crippen LogP) is 5.45. The van der Waals surface area contributed by atoms with E-state index in [4.69, 9.17) is 14.2 Å². The summed E-state index contributed by atoms with van der Waals surface area (Å²) >= 11 is 0. The summed E-state index contributed by atoms with van der Waals surface area (Å²) in [5.41, 5.74) is 1.89. The van der Waals surface area contributed by atoms with E-state index in [0.717, 1.165) is 16.7 Å². The van der Waals surface area contributed by atoms with Crippen LogP contribution in [-0.2, 0) is 30.9 Å². The maximum absolute atomic E-state index is 13.1. The summed E-state index contributed by atoms with van der Waals surface area (Å²) in [6.07, 6.45) is 0.357. The van der Waals surface area contributed by atoms with Crippen molar-refractivity contribution in [2.24, 2.45) is 5.92 Å². The number of methoxy groups -OCH3 is 1. The van der Waals surface area contributed by atoms with Crippen LogP contribution >= 0.6 is 0 Å². The van der Waals surface area contributed by atoms with Gasteiger partial charge in [0.2, 0.25) is 10.0 Å². The van der Waals surface area contributed by atoms with Crippen molar-refractivity contribution in [3.8, 4) is 5.75 Å². The third-order valence-electron chi connectivity index (χ3n) is 6.94. The number of nitrogens with zero attached hydrogens (tertiary/aromatic N) is 1. The summed E-state index contributed by atoms with van der Waals surface area (Å²) in [7, 11) is -2.32. The summed E-state index contributed by atoms with van der Waals surface area (Å²) in [4.78, 5) is 24.6. The minimum Gasteiger partial charge on any atom is -0.489 e. The monoisotopic (exact) mass is 594 g/mol. The summed E-state index contributed by atoms with van der Waals surface area (Å²) in [5, 5.41) is 2.96. The normalized spacial score (nSPS) is 15.4. The molecule has 1 aliphatic heterocycles. The van der Waals surface area contributed by atoms with Gasteiger partial charge in [-0.3, -0.25) is 4.79 Å². The van der Waals surface area contributed by atoms with E-state index >= 15 is 0 Å². The van der Waals surface area contributed by atoms with Crippen molar-refractivity contribution in [3.63, 3.8) is 0 Å². The molecule has 1 saturated heterocycles. The van der Waals surface area contributed by atoms with Crippen molar-refractivity contribution in [1.29, 1.82) is 0 Å². The fraction of sp³-hybridized carbons (Fsp3) is 0.375. The molecule has 1 unspecified atom stereocenters. The lowest BCUT2D eigenvalue weighted by Crippen LogP contribution is -2.40. The zero-order valence-electron chi connectivity index (χ0n) is 24.4. The largest absolute Gasteiger partial charge is 0.489 e. The van der Waals surface area contributed by atoms with Crippen molar-refractivity contribution < 1.29 is 32.2 Å². The first-order chi connectivity index (χ1) is 20.0. The minimum atomic E-state index is -3.67. The van der Waals surface area contributed by atoms with Crippen LogP contribution in [-0.4, -0.2) is 50.6 Å². The molecular formula is C32H38N2O7S. The van der Waals surface area contributed by atoms with Gasteiger partial charge >= 0.3 is 12.1 Å². The van der Waals surface area contributed by atoms with Gasteiger partial charge < -0.3 is 19.5 Å². The van der Waals surface area contributed by atoms with E-state index in [0.29, 0.717) is 18.6 Å². The Morgan fingerprint density at radius 1 is 0.929 bits per heavy atom. The van der Waals surface area contributed by atoms with Gasteiger partial charge in [0.15, 0.2) is 0 Å². The van der Waals surface area contributed by atoms with Gasteiger partial charge in [0.25, 0.3) is 0 Å². The molecule has 1 atom stereocenters. The van der Waals surface area contributed by atoms with Crippen LogP contribution in [0.1, 0.15) is 56.3 Å². The second-order valence-corrected chi connectivity index (χ2v) is 13.1. The van der Waals surface area contributed by atoms with Gasteiger partial charge in [-0.05, 0) is 74.6 Å². The van der Waals surface area contributed by atoms with Crippen LogP contribution in [0.15, 0.2) is 83.8 Å². The van der Waals surface area contributed by atoms with Crippen molar-refractivity contribution in [1.82, 2.24) is 9.62 Å². The molecule has 224 valence electrons. The molecule has 10 heteroatoms.